The van der Waals surface area contributed by atoms with Crippen LogP contribution in [0.3, 0.4) is 0 Å². The van der Waals surface area contributed by atoms with Gasteiger partial charge in [0.2, 0.25) is 0 Å². The maximum Gasteiger partial charge on any atom is 0.172 e. The molecular weight excluding hydrogens is 322 g/mol. The molecule has 0 fully saturated rings. The first kappa shape index (κ1) is 23.4. The Kier molecular flexibility index (Phi) is 14.4. The fourth-order valence-electron chi connectivity index (χ4n) is 3.07. The van der Waals surface area contributed by atoms with Gasteiger partial charge in [-0.2, -0.15) is 26.3 Å². The molecule has 0 heterocycles. The van der Waals surface area contributed by atoms with Crippen LogP contribution in [0.4, 0.5) is 0 Å². The number of nitrogens with zero attached hydrogens (tertiary/aromatic N) is 5. The molecule has 0 aliphatic heterocycles. The summed E-state index contributed by atoms with van der Waals surface area (Å²) in [5.74, 6) is -0.696. The summed E-state index contributed by atoms with van der Waals surface area (Å²) >= 11 is 0. The third-order valence-electron chi connectivity index (χ3n) is 4.79. The predicted molar refractivity (Wildman–Crippen MR) is 98.6 cm³/mol. The van der Waals surface area contributed by atoms with E-state index in [9.17, 15) is 15.8 Å². The molecule has 26 heavy (non-hydrogen) atoms. The van der Waals surface area contributed by atoms with Crippen LogP contribution in [0.15, 0.2) is 0 Å². The van der Waals surface area contributed by atoms with Crippen LogP contribution in [-0.4, -0.2) is 0 Å². The minimum Gasteiger partial charge on any atom is -0.198 e. The Balaban J connectivity index is 3.76. The fourth-order valence-corrected chi connectivity index (χ4v) is 3.07. The first-order valence-electron chi connectivity index (χ1n) is 9.66. The van der Waals surface area contributed by atoms with E-state index < -0.39 is 11.3 Å². The van der Waals surface area contributed by atoms with Gasteiger partial charge >= 0.3 is 0 Å². The van der Waals surface area contributed by atoms with Crippen LogP contribution < -0.4 is 0 Å². The third-order valence-corrected chi connectivity index (χ3v) is 4.79. The molecule has 0 saturated carbocycles. The fraction of sp³-hybridized carbons (Fsp3) is 0.762. The van der Waals surface area contributed by atoms with Crippen molar-refractivity contribution in [3.63, 3.8) is 0 Å². The number of hydrogen-bond acceptors (Lipinski definition) is 5. The van der Waals surface area contributed by atoms with Crippen molar-refractivity contribution in [2.24, 2.45) is 11.3 Å². The van der Waals surface area contributed by atoms with Crippen LogP contribution in [-0.2, 0) is 0 Å². The highest BCUT2D eigenvalue weighted by Crippen LogP contribution is 2.33. The van der Waals surface area contributed by atoms with Crippen molar-refractivity contribution in [3.8, 4) is 30.3 Å². The Hall–Kier alpha value is -2.55. The van der Waals surface area contributed by atoms with Crippen molar-refractivity contribution < 1.29 is 0 Å². The topological polar surface area (TPSA) is 119 Å². The van der Waals surface area contributed by atoms with Gasteiger partial charge in [0.25, 0.3) is 0 Å². The molecule has 1 unspecified atom stereocenters. The average Bonchev–Trinajstić information content (AvgIpc) is 2.67. The maximum atomic E-state index is 9.26. The van der Waals surface area contributed by atoms with Gasteiger partial charge in [-0.3, -0.25) is 0 Å². The van der Waals surface area contributed by atoms with Gasteiger partial charge in [0.05, 0.1) is 42.7 Å². The molecule has 0 N–H and O–H groups in total. The van der Waals surface area contributed by atoms with E-state index in [4.69, 9.17) is 10.5 Å². The lowest BCUT2D eigenvalue weighted by molar-refractivity contribution is 0.360. The molecule has 0 aliphatic rings. The van der Waals surface area contributed by atoms with Crippen LogP contribution in [0, 0.1) is 68.0 Å². The smallest absolute Gasteiger partial charge is 0.172 e. The second-order valence-electron chi connectivity index (χ2n) is 6.80. The lowest BCUT2D eigenvalue weighted by Crippen LogP contribution is -2.26. The average molecular weight is 351 g/mol. The van der Waals surface area contributed by atoms with Gasteiger partial charge in [-0.05, 0) is 12.8 Å². The third kappa shape index (κ3) is 9.67. The Morgan fingerprint density at radius 1 is 0.577 bits per heavy atom. The molecule has 0 aromatic rings. The maximum absolute atomic E-state index is 9.26. The van der Waals surface area contributed by atoms with Crippen LogP contribution in [0.5, 0.6) is 0 Å². The van der Waals surface area contributed by atoms with Crippen LogP contribution in [0.2, 0.25) is 0 Å². The van der Waals surface area contributed by atoms with E-state index in [0.717, 1.165) is 32.1 Å². The predicted octanol–water partition coefficient (Wildman–Crippen LogP) is 5.67. The van der Waals surface area contributed by atoms with Gasteiger partial charge in [0.15, 0.2) is 5.41 Å². The zero-order chi connectivity index (χ0) is 19.5. The van der Waals surface area contributed by atoms with Crippen molar-refractivity contribution in [1.82, 2.24) is 0 Å². The van der Waals surface area contributed by atoms with Gasteiger partial charge in [-0.1, -0.05) is 64.2 Å². The lowest BCUT2D eigenvalue weighted by Gasteiger charge is -2.20. The Morgan fingerprint density at radius 2 is 1.04 bits per heavy atom. The molecule has 1 atom stereocenters. The van der Waals surface area contributed by atoms with Crippen LogP contribution >= 0.6 is 0 Å². The first-order valence-corrected chi connectivity index (χ1v) is 9.66. The van der Waals surface area contributed by atoms with E-state index in [1.807, 2.05) is 18.2 Å². The molecule has 0 radical (unpaired) electrons. The van der Waals surface area contributed by atoms with Crippen molar-refractivity contribution in [2.75, 3.05) is 0 Å². The zero-order valence-corrected chi connectivity index (χ0v) is 15.7. The summed E-state index contributed by atoms with van der Waals surface area (Å²) in [7, 11) is 0. The summed E-state index contributed by atoms with van der Waals surface area (Å²) in [5, 5.41) is 45.0. The molecule has 0 rings (SSSR count). The number of nitriles is 5. The van der Waals surface area contributed by atoms with E-state index in [1.54, 1.807) is 0 Å². The molecule has 0 aliphatic carbocycles. The minimum atomic E-state index is -1.49. The second-order valence-corrected chi connectivity index (χ2v) is 6.80. The minimum absolute atomic E-state index is 0.214. The number of rotatable bonds is 15. The van der Waals surface area contributed by atoms with E-state index in [2.05, 4.69) is 12.1 Å². The van der Waals surface area contributed by atoms with Gasteiger partial charge in [0, 0.05) is 6.42 Å². The lowest BCUT2D eigenvalue weighted by atomic mass is 9.74. The highest BCUT2D eigenvalue weighted by atomic mass is 14.5. The highest BCUT2D eigenvalue weighted by Gasteiger charge is 2.39. The summed E-state index contributed by atoms with van der Waals surface area (Å²) in [6.07, 6.45) is 13.4. The standard InChI is InChI=1S/C21H29N5/c22-15-12-10-8-6-4-2-1-3-5-7-9-11-13-20(17-24)21(18-25,19-26)14-16-23/h20H,1-14H2. The molecular formula is C21H29N5. The molecule has 0 aromatic carbocycles. The largest absolute Gasteiger partial charge is 0.198 e. The summed E-state index contributed by atoms with van der Waals surface area (Å²) < 4.78 is 0. The molecule has 0 amide bonds. The SMILES string of the molecule is N#CCCCCCCCCCCCCCC(C#N)C(C#N)(C#N)CC#N. The Labute approximate surface area is 158 Å². The Morgan fingerprint density at radius 3 is 1.42 bits per heavy atom. The summed E-state index contributed by atoms with van der Waals surface area (Å²) in [5.41, 5.74) is -1.49. The number of unbranched alkanes of at least 4 members (excludes halogenated alkanes) is 11. The van der Waals surface area contributed by atoms with Crippen molar-refractivity contribution in [1.29, 1.82) is 26.3 Å². The van der Waals surface area contributed by atoms with Crippen molar-refractivity contribution >= 4 is 0 Å². The molecule has 138 valence electrons. The Bertz CT molecular complexity index is 562. The van der Waals surface area contributed by atoms with Gasteiger partial charge < -0.3 is 0 Å². The molecule has 0 aromatic heterocycles. The van der Waals surface area contributed by atoms with Crippen molar-refractivity contribution in [2.45, 2.75) is 89.9 Å². The zero-order valence-electron chi connectivity index (χ0n) is 15.7. The molecule has 0 spiro atoms. The van der Waals surface area contributed by atoms with Crippen LogP contribution in [0.1, 0.15) is 89.9 Å². The molecule has 0 bridgehead atoms. The molecule has 0 saturated heterocycles. The quantitative estimate of drug-likeness (QED) is 0.352. The van der Waals surface area contributed by atoms with Gasteiger partial charge in [0.1, 0.15) is 0 Å². The summed E-state index contributed by atoms with van der Waals surface area (Å²) in [6.45, 7) is 0. The van der Waals surface area contributed by atoms with E-state index in [0.29, 0.717) is 12.8 Å². The normalized spacial score (nSPS) is 11.3. The molecule has 5 nitrogen and oxygen atoms in total. The number of hydrogen-bond donors (Lipinski definition) is 0. The van der Waals surface area contributed by atoms with Gasteiger partial charge in [-0.25, -0.2) is 0 Å². The van der Waals surface area contributed by atoms with Crippen molar-refractivity contribution in [3.05, 3.63) is 0 Å². The van der Waals surface area contributed by atoms with E-state index >= 15 is 0 Å². The van der Waals surface area contributed by atoms with Gasteiger partial charge in [-0.15, -0.1) is 0 Å². The highest BCUT2D eigenvalue weighted by molar-refractivity contribution is 5.23. The first-order chi connectivity index (χ1) is 12.7. The van der Waals surface area contributed by atoms with Crippen LogP contribution in [0.25, 0.3) is 0 Å². The van der Waals surface area contributed by atoms with E-state index in [-0.39, 0.29) is 6.42 Å². The summed E-state index contributed by atoms with van der Waals surface area (Å²) in [6, 6.07) is 9.88. The van der Waals surface area contributed by atoms with E-state index in [1.165, 1.54) is 38.5 Å². The summed E-state index contributed by atoms with van der Waals surface area (Å²) in [4.78, 5) is 0. The molecule has 5 heteroatoms. The monoisotopic (exact) mass is 351 g/mol. The second kappa shape index (κ2) is 15.9.